The third kappa shape index (κ3) is 18.8. The summed E-state index contributed by atoms with van der Waals surface area (Å²) in [5.41, 5.74) is 1.35. The van der Waals surface area contributed by atoms with Crippen LogP contribution in [0.2, 0.25) is 0 Å². The first-order chi connectivity index (χ1) is 16.3. The second kappa shape index (κ2) is 22.5. The molecular formula is C31H54O2. The molecule has 0 N–H and O–H groups in total. The van der Waals surface area contributed by atoms with Crippen molar-refractivity contribution in [3.05, 3.63) is 29.8 Å². The van der Waals surface area contributed by atoms with Crippen LogP contribution in [0.5, 0.6) is 5.75 Å². The number of hydrogen-bond acceptors (Lipinski definition) is 2. The van der Waals surface area contributed by atoms with E-state index in [2.05, 4.69) is 26.0 Å². The molecule has 0 heterocycles. The SMILES string of the molecule is CCCCCCCCCCCCCCCCc1ccc(OC(=O)CCCCCCCC)cc1. The Hall–Kier alpha value is -1.31. The average molecular weight is 459 g/mol. The Labute approximate surface area is 206 Å². The first-order valence-corrected chi connectivity index (χ1v) is 14.6. The molecule has 0 radical (unpaired) electrons. The molecule has 2 heteroatoms. The van der Waals surface area contributed by atoms with E-state index in [4.69, 9.17) is 4.74 Å². The molecule has 0 spiro atoms. The topological polar surface area (TPSA) is 26.3 Å². The van der Waals surface area contributed by atoms with Crippen molar-refractivity contribution in [2.75, 3.05) is 0 Å². The van der Waals surface area contributed by atoms with E-state index in [1.807, 2.05) is 12.1 Å². The van der Waals surface area contributed by atoms with E-state index in [-0.39, 0.29) is 5.97 Å². The molecule has 0 atom stereocenters. The van der Waals surface area contributed by atoms with Crippen molar-refractivity contribution in [1.29, 1.82) is 0 Å². The zero-order chi connectivity index (χ0) is 23.8. The number of aryl methyl sites for hydroxylation is 1. The van der Waals surface area contributed by atoms with Gasteiger partial charge in [0.05, 0.1) is 0 Å². The Kier molecular flexibility index (Phi) is 20.2. The summed E-state index contributed by atoms with van der Waals surface area (Å²) in [6.07, 6.45) is 28.4. The van der Waals surface area contributed by atoms with E-state index in [0.29, 0.717) is 12.2 Å². The molecule has 0 fully saturated rings. The Bertz CT molecular complexity index is 549. The predicted molar refractivity (Wildman–Crippen MR) is 144 cm³/mol. The minimum atomic E-state index is -0.0924. The predicted octanol–water partition coefficient (Wildman–Crippen LogP) is 10.4. The molecular weight excluding hydrogens is 404 g/mol. The van der Waals surface area contributed by atoms with Crippen molar-refractivity contribution in [2.45, 2.75) is 155 Å². The second-order valence-electron chi connectivity index (χ2n) is 9.98. The fourth-order valence-electron chi connectivity index (χ4n) is 4.48. The van der Waals surface area contributed by atoms with Gasteiger partial charge in [0.15, 0.2) is 0 Å². The molecule has 1 aromatic carbocycles. The lowest BCUT2D eigenvalue weighted by molar-refractivity contribution is -0.134. The summed E-state index contributed by atoms with van der Waals surface area (Å²) < 4.78 is 5.48. The van der Waals surface area contributed by atoms with Crippen LogP contribution < -0.4 is 4.74 Å². The van der Waals surface area contributed by atoms with Crippen LogP contribution in [-0.4, -0.2) is 5.97 Å². The third-order valence-electron chi connectivity index (χ3n) is 6.71. The van der Waals surface area contributed by atoms with Gasteiger partial charge < -0.3 is 4.74 Å². The van der Waals surface area contributed by atoms with E-state index >= 15 is 0 Å². The summed E-state index contributed by atoms with van der Waals surface area (Å²) in [5, 5.41) is 0. The molecule has 1 aromatic rings. The molecule has 33 heavy (non-hydrogen) atoms. The van der Waals surface area contributed by atoms with Gasteiger partial charge in [0.1, 0.15) is 5.75 Å². The molecule has 0 saturated heterocycles. The van der Waals surface area contributed by atoms with Crippen molar-refractivity contribution in [3.63, 3.8) is 0 Å². The van der Waals surface area contributed by atoms with Crippen LogP contribution in [0.3, 0.4) is 0 Å². The van der Waals surface area contributed by atoms with Gasteiger partial charge in [-0.2, -0.15) is 0 Å². The van der Waals surface area contributed by atoms with E-state index in [1.54, 1.807) is 0 Å². The van der Waals surface area contributed by atoms with Crippen LogP contribution in [0.25, 0.3) is 0 Å². The largest absolute Gasteiger partial charge is 0.427 e. The quantitative estimate of drug-likeness (QED) is 0.0925. The average Bonchev–Trinajstić information content (AvgIpc) is 2.82. The number of rotatable bonds is 23. The number of ether oxygens (including phenoxy) is 1. The molecule has 0 unspecified atom stereocenters. The Morgan fingerprint density at radius 3 is 1.39 bits per heavy atom. The zero-order valence-corrected chi connectivity index (χ0v) is 22.2. The van der Waals surface area contributed by atoms with Crippen molar-refractivity contribution >= 4 is 5.97 Å². The lowest BCUT2D eigenvalue weighted by Gasteiger charge is -2.06. The van der Waals surface area contributed by atoms with Gasteiger partial charge in [0.25, 0.3) is 0 Å². The van der Waals surface area contributed by atoms with Crippen LogP contribution in [0.15, 0.2) is 24.3 Å². The van der Waals surface area contributed by atoms with Crippen LogP contribution in [0.4, 0.5) is 0 Å². The lowest BCUT2D eigenvalue weighted by Crippen LogP contribution is -2.07. The van der Waals surface area contributed by atoms with Crippen LogP contribution in [0.1, 0.15) is 154 Å². The maximum Gasteiger partial charge on any atom is 0.311 e. The highest BCUT2D eigenvalue weighted by molar-refractivity contribution is 5.72. The number of carbonyl (C=O) groups is 1. The zero-order valence-electron chi connectivity index (χ0n) is 22.2. The maximum atomic E-state index is 12.0. The van der Waals surface area contributed by atoms with E-state index in [9.17, 15) is 4.79 Å². The summed E-state index contributed by atoms with van der Waals surface area (Å²) in [6, 6.07) is 8.15. The highest BCUT2D eigenvalue weighted by Gasteiger charge is 2.05. The van der Waals surface area contributed by atoms with Crippen LogP contribution in [-0.2, 0) is 11.2 Å². The molecule has 0 aromatic heterocycles. The third-order valence-corrected chi connectivity index (χ3v) is 6.71. The highest BCUT2D eigenvalue weighted by Crippen LogP contribution is 2.17. The minimum absolute atomic E-state index is 0.0924. The van der Waals surface area contributed by atoms with E-state index in [1.165, 1.54) is 121 Å². The maximum absolute atomic E-state index is 12.0. The number of carbonyl (C=O) groups excluding carboxylic acids is 1. The molecule has 2 nitrogen and oxygen atoms in total. The van der Waals surface area contributed by atoms with Gasteiger partial charge in [-0.15, -0.1) is 0 Å². The van der Waals surface area contributed by atoms with Gasteiger partial charge in [-0.1, -0.05) is 142 Å². The van der Waals surface area contributed by atoms with Crippen molar-refractivity contribution in [3.8, 4) is 5.75 Å². The van der Waals surface area contributed by atoms with Gasteiger partial charge in [0, 0.05) is 6.42 Å². The van der Waals surface area contributed by atoms with Crippen molar-refractivity contribution in [1.82, 2.24) is 0 Å². The summed E-state index contributed by atoms with van der Waals surface area (Å²) in [6.45, 7) is 4.51. The number of esters is 1. The minimum Gasteiger partial charge on any atom is -0.427 e. The van der Waals surface area contributed by atoms with Gasteiger partial charge in [-0.3, -0.25) is 4.79 Å². The molecule has 0 bridgehead atoms. The molecule has 0 aliphatic heterocycles. The Morgan fingerprint density at radius 2 is 0.939 bits per heavy atom. The first-order valence-electron chi connectivity index (χ1n) is 14.6. The van der Waals surface area contributed by atoms with Gasteiger partial charge in [-0.25, -0.2) is 0 Å². The second-order valence-corrected chi connectivity index (χ2v) is 9.98. The summed E-state index contributed by atoms with van der Waals surface area (Å²) in [5.74, 6) is 0.598. The summed E-state index contributed by atoms with van der Waals surface area (Å²) in [4.78, 5) is 12.0. The normalized spacial score (nSPS) is 11.1. The molecule has 0 aliphatic carbocycles. The molecule has 0 aliphatic rings. The summed E-state index contributed by atoms with van der Waals surface area (Å²) >= 11 is 0. The standard InChI is InChI=1S/C31H54O2/c1-3-5-7-9-11-12-13-14-15-16-17-18-19-21-23-29-25-27-30(28-26-29)33-31(32)24-22-20-10-8-6-4-2/h25-28H,3-24H2,1-2H3. The molecule has 1 rings (SSSR count). The fourth-order valence-corrected chi connectivity index (χ4v) is 4.48. The van der Waals surface area contributed by atoms with E-state index < -0.39 is 0 Å². The van der Waals surface area contributed by atoms with Gasteiger partial charge in [-0.05, 0) is 37.0 Å². The number of benzene rings is 1. The van der Waals surface area contributed by atoms with Gasteiger partial charge in [0.2, 0.25) is 0 Å². The molecule has 0 saturated carbocycles. The van der Waals surface area contributed by atoms with Gasteiger partial charge >= 0.3 is 5.97 Å². The first kappa shape index (κ1) is 29.7. The van der Waals surface area contributed by atoms with E-state index in [0.717, 1.165) is 19.3 Å². The van der Waals surface area contributed by atoms with Crippen molar-refractivity contribution in [2.24, 2.45) is 0 Å². The Morgan fingerprint density at radius 1 is 0.545 bits per heavy atom. The molecule has 190 valence electrons. The van der Waals surface area contributed by atoms with Crippen LogP contribution >= 0.6 is 0 Å². The number of unbranched alkanes of at least 4 members (excludes halogenated alkanes) is 18. The fraction of sp³-hybridized carbons (Fsp3) is 0.774. The number of hydrogen-bond donors (Lipinski definition) is 0. The Balaban J connectivity index is 1.94. The lowest BCUT2D eigenvalue weighted by atomic mass is 10.0. The van der Waals surface area contributed by atoms with Crippen molar-refractivity contribution < 1.29 is 9.53 Å². The smallest absolute Gasteiger partial charge is 0.311 e. The van der Waals surface area contributed by atoms with Crippen LogP contribution in [0, 0.1) is 0 Å². The monoisotopic (exact) mass is 458 g/mol. The summed E-state index contributed by atoms with van der Waals surface area (Å²) in [7, 11) is 0. The molecule has 0 amide bonds. The highest BCUT2D eigenvalue weighted by atomic mass is 16.5.